The second kappa shape index (κ2) is 5.69. The molecule has 0 bridgehead atoms. The quantitative estimate of drug-likeness (QED) is 0.916. The molecule has 1 aliphatic rings. The van der Waals surface area contributed by atoms with Crippen LogP contribution < -0.4 is 10.1 Å². The van der Waals surface area contributed by atoms with Crippen molar-refractivity contribution in [3.63, 3.8) is 0 Å². The van der Waals surface area contributed by atoms with Crippen molar-refractivity contribution in [1.29, 1.82) is 0 Å². The highest BCUT2D eigenvalue weighted by atomic mass is 19.4. The summed E-state index contributed by atoms with van der Waals surface area (Å²) in [4.78, 5) is 2.24. The third kappa shape index (κ3) is 4.63. The van der Waals surface area contributed by atoms with Crippen molar-refractivity contribution in [2.45, 2.75) is 25.2 Å². The summed E-state index contributed by atoms with van der Waals surface area (Å²) in [6.45, 7) is 2.04. The fourth-order valence-electron chi connectivity index (χ4n) is 2.27. The van der Waals surface area contributed by atoms with Crippen molar-refractivity contribution in [3.8, 4) is 5.75 Å². The second-order valence-electron chi connectivity index (χ2n) is 4.82. The number of hydrogen-bond donors (Lipinski definition) is 1. The van der Waals surface area contributed by atoms with Crippen molar-refractivity contribution in [3.05, 3.63) is 24.3 Å². The number of halogens is 3. The molecule has 0 aromatic heterocycles. The number of likely N-dealkylation sites (tertiary alicyclic amines) is 1. The molecule has 106 valence electrons. The summed E-state index contributed by atoms with van der Waals surface area (Å²) in [6, 6.07) is 6.20. The van der Waals surface area contributed by atoms with Crippen LogP contribution in [-0.2, 0) is 0 Å². The van der Waals surface area contributed by atoms with Crippen molar-refractivity contribution in [1.82, 2.24) is 4.90 Å². The number of anilines is 1. The molecule has 19 heavy (non-hydrogen) atoms. The van der Waals surface area contributed by atoms with E-state index in [-0.39, 0.29) is 5.75 Å². The molecule has 0 radical (unpaired) electrons. The smallest absolute Gasteiger partial charge is 0.406 e. The number of nitrogens with one attached hydrogen (secondary N) is 1. The van der Waals surface area contributed by atoms with E-state index in [4.69, 9.17) is 0 Å². The van der Waals surface area contributed by atoms with Gasteiger partial charge in [-0.3, -0.25) is 0 Å². The molecule has 0 spiro atoms. The molecule has 2 rings (SSSR count). The number of nitrogens with zero attached hydrogens (tertiary/aromatic N) is 1. The molecule has 1 unspecified atom stereocenters. The van der Waals surface area contributed by atoms with E-state index in [9.17, 15) is 13.2 Å². The Kier molecular flexibility index (Phi) is 4.19. The van der Waals surface area contributed by atoms with Gasteiger partial charge in [-0.1, -0.05) is 0 Å². The van der Waals surface area contributed by atoms with Gasteiger partial charge in [0.05, 0.1) is 0 Å². The summed E-state index contributed by atoms with van der Waals surface area (Å²) in [7, 11) is 2.06. The van der Waals surface area contributed by atoms with Gasteiger partial charge in [0, 0.05) is 18.3 Å². The summed E-state index contributed by atoms with van der Waals surface area (Å²) in [5.74, 6) is -0.196. The molecule has 1 aliphatic heterocycles. The fourth-order valence-corrected chi connectivity index (χ4v) is 2.27. The zero-order valence-electron chi connectivity index (χ0n) is 10.7. The van der Waals surface area contributed by atoms with E-state index in [0.717, 1.165) is 31.6 Å². The Balaban J connectivity index is 1.91. The van der Waals surface area contributed by atoms with Crippen molar-refractivity contribution in [2.75, 3.05) is 25.5 Å². The van der Waals surface area contributed by atoms with Gasteiger partial charge in [-0.05, 0) is 50.7 Å². The van der Waals surface area contributed by atoms with Crippen LogP contribution in [0, 0.1) is 0 Å². The lowest BCUT2D eigenvalue weighted by atomic mass is 10.1. The Morgan fingerprint density at radius 2 is 1.95 bits per heavy atom. The minimum absolute atomic E-state index is 0.196. The standard InChI is InChI=1S/C13H17F3N2O/c1-18-8-2-3-11(9-18)17-10-4-6-12(7-5-10)19-13(14,15)16/h4-7,11,17H,2-3,8-9H2,1H3. The summed E-state index contributed by atoms with van der Waals surface area (Å²) in [5.41, 5.74) is 0.815. The normalized spacial score (nSPS) is 21.2. The van der Waals surface area contributed by atoms with E-state index in [1.807, 2.05) is 0 Å². The molecule has 1 saturated heterocycles. The zero-order chi connectivity index (χ0) is 13.9. The first-order valence-corrected chi connectivity index (χ1v) is 6.23. The first-order valence-electron chi connectivity index (χ1n) is 6.23. The van der Waals surface area contributed by atoms with Crippen LogP contribution in [0.3, 0.4) is 0 Å². The van der Waals surface area contributed by atoms with Crippen LogP contribution in [-0.4, -0.2) is 37.4 Å². The van der Waals surface area contributed by atoms with Crippen molar-refractivity contribution in [2.24, 2.45) is 0 Å². The molecule has 6 heteroatoms. The Labute approximate surface area is 110 Å². The van der Waals surface area contributed by atoms with Gasteiger partial charge in [0.25, 0.3) is 0 Å². The lowest BCUT2D eigenvalue weighted by Gasteiger charge is -2.30. The molecule has 1 fully saturated rings. The molecular formula is C13H17F3N2O. The second-order valence-corrected chi connectivity index (χ2v) is 4.82. The molecule has 1 aromatic carbocycles. The number of rotatable bonds is 3. The van der Waals surface area contributed by atoms with Crippen LogP contribution >= 0.6 is 0 Å². The third-order valence-corrected chi connectivity index (χ3v) is 3.08. The first kappa shape index (κ1) is 14.0. The molecule has 3 nitrogen and oxygen atoms in total. The van der Waals surface area contributed by atoms with Crippen LogP contribution in [0.25, 0.3) is 0 Å². The Morgan fingerprint density at radius 3 is 2.53 bits per heavy atom. The first-order chi connectivity index (χ1) is 8.92. The number of alkyl halides is 3. The predicted octanol–water partition coefficient (Wildman–Crippen LogP) is 3.09. The van der Waals surface area contributed by atoms with E-state index < -0.39 is 6.36 Å². The predicted molar refractivity (Wildman–Crippen MR) is 67.3 cm³/mol. The van der Waals surface area contributed by atoms with E-state index in [2.05, 4.69) is 22.0 Å². The van der Waals surface area contributed by atoms with Crippen LogP contribution in [0.2, 0.25) is 0 Å². The highest BCUT2D eigenvalue weighted by Crippen LogP contribution is 2.24. The van der Waals surface area contributed by atoms with Gasteiger partial charge in [0.2, 0.25) is 0 Å². The average molecular weight is 274 g/mol. The maximum atomic E-state index is 12.0. The lowest BCUT2D eigenvalue weighted by molar-refractivity contribution is -0.274. The number of piperidine rings is 1. The van der Waals surface area contributed by atoms with Gasteiger partial charge < -0.3 is 15.0 Å². The van der Waals surface area contributed by atoms with E-state index in [0.29, 0.717) is 6.04 Å². The van der Waals surface area contributed by atoms with E-state index in [1.165, 1.54) is 12.1 Å². The summed E-state index contributed by atoms with van der Waals surface area (Å²) >= 11 is 0. The van der Waals surface area contributed by atoms with Crippen LogP contribution in [0.4, 0.5) is 18.9 Å². The summed E-state index contributed by atoms with van der Waals surface area (Å²) in [6.07, 6.45) is -2.43. The Morgan fingerprint density at radius 1 is 1.26 bits per heavy atom. The average Bonchev–Trinajstić information content (AvgIpc) is 2.30. The van der Waals surface area contributed by atoms with Gasteiger partial charge in [-0.25, -0.2) is 0 Å². The minimum atomic E-state index is -4.64. The summed E-state index contributed by atoms with van der Waals surface area (Å²) in [5, 5.41) is 3.32. The van der Waals surface area contributed by atoms with Gasteiger partial charge in [-0.15, -0.1) is 13.2 Å². The molecule has 1 atom stereocenters. The van der Waals surface area contributed by atoms with Gasteiger partial charge in [0.15, 0.2) is 0 Å². The van der Waals surface area contributed by atoms with Gasteiger partial charge in [-0.2, -0.15) is 0 Å². The molecule has 0 saturated carbocycles. The Bertz CT molecular complexity index is 405. The molecular weight excluding hydrogens is 257 g/mol. The third-order valence-electron chi connectivity index (χ3n) is 3.08. The van der Waals surface area contributed by atoms with Gasteiger partial charge in [0.1, 0.15) is 5.75 Å². The highest BCUT2D eigenvalue weighted by Gasteiger charge is 2.31. The SMILES string of the molecule is CN1CCCC(Nc2ccc(OC(F)(F)F)cc2)C1. The summed E-state index contributed by atoms with van der Waals surface area (Å²) < 4.78 is 39.9. The maximum absolute atomic E-state index is 12.0. The monoisotopic (exact) mass is 274 g/mol. The van der Waals surface area contributed by atoms with Crippen LogP contribution in [0.15, 0.2) is 24.3 Å². The lowest BCUT2D eigenvalue weighted by Crippen LogP contribution is -2.39. The van der Waals surface area contributed by atoms with Crippen LogP contribution in [0.5, 0.6) is 5.75 Å². The topological polar surface area (TPSA) is 24.5 Å². The number of likely N-dealkylation sites (N-methyl/N-ethyl adjacent to an activating group) is 1. The molecule has 1 N–H and O–H groups in total. The molecule has 0 amide bonds. The minimum Gasteiger partial charge on any atom is -0.406 e. The molecule has 0 aliphatic carbocycles. The van der Waals surface area contributed by atoms with Crippen LogP contribution in [0.1, 0.15) is 12.8 Å². The number of ether oxygens (including phenoxy) is 1. The molecule has 1 heterocycles. The zero-order valence-corrected chi connectivity index (χ0v) is 10.7. The molecule has 1 aromatic rings. The fraction of sp³-hybridized carbons (Fsp3) is 0.538. The van der Waals surface area contributed by atoms with Crippen molar-refractivity contribution >= 4 is 5.69 Å². The highest BCUT2D eigenvalue weighted by molar-refractivity contribution is 5.47. The van der Waals surface area contributed by atoms with Crippen molar-refractivity contribution < 1.29 is 17.9 Å². The maximum Gasteiger partial charge on any atom is 0.573 e. The number of benzene rings is 1. The van der Waals surface area contributed by atoms with Gasteiger partial charge >= 0.3 is 6.36 Å². The Hall–Kier alpha value is -1.43. The van der Waals surface area contributed by atoms with E-state index >= 15 is 0 Å². The largest absolute Gasteiger partial charge is 0.573 e. The number of hydrogen-bond acceptors (Lipinski definition) is 3. The van der Waals surface area contributed by atoms with E-state index in [1.54, 1.807) is 12.1 Å².